The number of nitrogens with zero attached hydrogens (tertiary/aromatic N) is 1. The van der Waals surface area contributed by atoms with Gasteiger partial charge in [-0.3, -0.25) is 4.79 Å². The summed E-state index contributed by atoms with van der Waals surface area (Å²) in [5, 5.41) is 9.44. The summed E-state index contributed by atoms with van der Waals surface area (Å²) >= 11 is 9.32. The van der Waals surface area contributed by atoms with E-state index in [1.807, 2.05) is 30.3 Å². The van der Waals surface area contributed by atoms with Crippen LogP contribution >= 0.6 is 27.5 Å². The number of hydrogen-bond donors (Lipinski definition) is 0. The molecule has 0 aliphatic carbocycles. The number of ketones is 1. The lowest BCUT2D eigenvalue weighted by atomic mass is 9.88. The van der Waals surface area contributed by atoms with Crippen LogP contribution in [0, 0.1) is 11.3 Å². The number of Topliss-reactive ketones (excluding diaryl/α,β-unsaturated/α-hetero) is 1. The third-order valence-electron chi connectivity index (χ3n) is 3.02. The number of hydrogen-bond acceptors (Lipinski definition) is 2. The van der Waals surface area contributed by atoms with Crippen molar-refractivity contribution >= 4 is 33.3 Å². The molecule has 0 spiro atoms. The first-order valence-electron chi connectivity index (χ1n) is 6.04. The second-order valence-electron chi connectivity index (χ2n) is 4.32. The van der Waals surface area contributed by atoms with E-state index in [0.717, 1.165) is 10.0 Å². The number of rotatable bonds is 4. The quantitative estimate of drug-likeness (QED) is 0.731. The van der Waals surface area contributed by atoms with Crippen LogP contribution in [0.2, 0.25) is 5.02 Å². The smallest absolute Gasteiger partial charge is 0.171 e. The fourth-order valence-corrected chi connectivity index (χ4v) is 2.42. The summed E-state index contributed by atoms with van der Waals surface area (Å²) in [6, 6.07) is 16.5. The summed E-state index contributed by atoms with van der Waals surface area (Å²) in [6.45, 7) is 0. The van der Waals surface area contributed by atoms with E-state index >= 15 is 0 Å². The highest BCUT2D eigenvalue weighted by Crippen LogP contribution is 2.28. The number of carbonyl (C=O) groups excluding carboxylic acids is 1. The Kier molecular flexibility index (Phi) is 4.94. The van der Waals surface area contributed by atoms with E-state index in [9.17, 15) is 4.79 Å². The predicted octanol–water partition coefficient (Wildman–Crippen LogP) is 4.98. The Balaban J connectivity index is 2.37. The van der Waals surface area contributed by atoms with Crippen molar-refractivity contribution in [1.29, 1.82) is 5.26 Å². The zero-order valence-electron chi connectivity index (χ0n) is 10.5. The van der Waals surface area contributed by atoms with Gasteiger partial charge in [0.05, 0.1) is 17.0 Å². The maximum atomic E-state index is 12.6. The van der Waals surface area contributed by atoms with Gasteiger partial charge in [0, 0.05) is 16.5 Å². The minimum Gasteiger partial charge on any atom is -0.293 e. The van der Waals surface area contributed by atoms with Crippen LogP contribution < -0.4 is 0 Å². The lowest BCUT2D eigenvalue weighted by Crippen LogP contribution is -2.12. The molecule has 0 bridgehead atoms. The Morgan fingerprint density at radius 2 is 1.95 bits per heavy atom. The largest absolute Gasteiger partial charge is 0.293 e. The molecule has 0 amide bonds. The first-order chi connectivity index (χ1) is 9.63. The Morgan fingerprint density at radius 3 is 2.55 bits per heavy atom. The highest BCUT2D eigenvalue weighted by molar-refractivity contribution is 9.10. The first-order valence-corrected chi connectivity index (χ1v) is 7.21. The highest BCUT2D eigenvalue weighted by Gasteiger charge is 2.22. The third-order valence-corrected chi connectivity index (χ3v) is 4.25. The molecule has 2 aromatic carbocycles. The average molecular weight is 349 g/mol. The van der Waals surface area contributed by atoms with Crippen LogP contribution in [0.25, 0.3) is 0 Å². The molecule has 100 valence electrons. The topological polar surface area (TPSA) is 40.9 Å². The Bertz CT molecular complexity index is 664. The molecule has 4 heteroatoms. The molecule has 0 radical (unpaired) electrons. The molecule has 0 aromatic heterocycles. The van der Waals surface area contributed by atoms with Crippen molar-refractivity contribution in [2.75, 3.05) is 0 Å². The molecule has 20 heavy (non-hydrogen) atoms. The minimum absolute atomic E-state index is 0.0906. The Labute approximate surface area is 131 Å². The van der Waals surface area contributed by atoms with Crippen LogP contribution in [0.5, 0.6) is 0 Å². The van der Waals surface area contributed by atoms with Crippen molar-refractivity contribution in [3.05, 3.63) is 69.2 Å². The molecule has 0 aliphatic heterocycles. The van der Waals surface area contributed by atoms with E-state index in [-0.39, 0.29) is 12.2 Å². The zero-order chi connectivity index (χ0) is 14.5. The molecule has 0 aliphatic rings. The van der Waals surface area contributed by atoms with E-state index in [1.165, 1.54) is 0 Å². The molecule has 0 heterocycles. The van der Waals surface area contributed by atoms with Crippen LogP contribution in [0.15, 0.2) is 53.0 Å². The molecule has 2 nitrogen and oxygen atoms in total. The molecule has 0 saturated heterocycles. The summed E-state index contributed by atoms with van der Waals surface area (Å²) in [5.41, 5.74) is 1.36. The van der Waals surface area contributed by atoms with Gasteiger partial charge in [-0.05, 0) is 33.6 Å². The predicted molar refractivity (Wildman–Crippen MR) is 82.9 cm³/mol. The fourth-order valence-electron chi connectivity index (χ4n) is 1.99. The van der Waals surface area contributed by atoms with Crippen LogP contribution in [0.3, 0.4) is 0 Å². The maximum absolute atomic E-state index is 12.6. The number of halogens is 2. The molecule has 2 aromatic rings. The molecule has 0 saturated carbocycles. The van der Waals surface area contributed by atoms with Crippen molar-refractivity contribution < 1.29 is 4.79 Å². The second-order valence-corrected chi connectivity index (χ2v) is 5.58. The van der Waals surface area contributed by atoms with Gasteiger partial charge in [0.15, 0.2) is 5.78 Å². The Morgan fingerprint density at radius 1 is 1.25 bits per heavy atom. The SMILES string of the molecule is N#CCC(C(=O)c1ccc(Br)c(Cl)c1)c1ccccc1. The summed E-state index contributed by atoms with van der Waals surface area (Å²) in [4.78, 5) is 12.6. The van der Waals surface area contributed by atoms with Crippen molar-refractivity contribution in [3.8, 4) is 6.07 Å². The lowest BCUT2D eigenvalue weighted by molar-refractivity contribution is 0.0960. The van der Waals surface area contributed by atoms with Crippen LogP contribution in [-0.2, 0) is 0 Å². The van der Waals surface area contributed by atoms with Crippen molar-refractivity contribution in [3.63, 3.8) is 0 Å². The van der Waals surface area contributed by atoms with Gasteiger partial charge in [0.1, 0.15) is 0 Å². The van der Waals surface area contributed by atoms with Gasteiger partial charge < -0.3 is 0 Å². The molecule has 0 fully saturated rings. The summed E-state index contributed by atoms with van der Waals surface area (Å²) in [6.07, 6.45) is 0.149. The standard InChI is InChI=1S/C16H11BrClNO/c17-14-7-6-12(10-15(14)18)16(20)13(8-9-19)11-4-2-1-3-5-11/h1-7,10,13H,8H2. The molecule has 1 atom stereocenters. The summed E-state index contributed by atoms with van der Waals surface area (Å²) < 4.78 is 0.743. The van der Waals surface area contributed by atoms with Gasteiger partial charge in [0.2, 0.25) is 0 Å². The maximum Gasteiger partial charge on any atom is 0.171 e. The van der Waals surface area contributed by atoms with E-state index < -0.39 is 5.92 Å². The highest BCUT2D eigenvalue weighted by atomic mass is 79.9. The molecular weight excluding hydrogens is 338 g/mol. The van der Waals surface area contributed by atoms with E-state index in [1.54, 1.807) is 18.2 Å². The third kappa shape index (κ3) is 3.27. The van der Waals surface area contributed by atoms with Gasteiger partial charge in [-0.1, -0.05) is 48.0 Å². The van der Waals surface area contributed by atoms with Gasteiger partial charge in [-0.2, -0.15) is 5.26 Å². The normalized spacial score (nSPS) is 11.7. The van der Waals surface area contributed by atoms with Gasteiger partial charge in [0.25, 0.3) is 0 Å². The number of benzene rings is 2. The van der Waals surface area contributed by atoms with Crippen molar-refractivity contribution in [2.45, 2.75) is 12.3 Å². The van der Waals surface area contributed by atoms with Crippen molar-refractivity contribution in [1.82, 2.24) is 0 Å². The molecule has 1 unspecified atom stereocenters. The van der Waals surface area contributed by atoms with Gasteiger partial charge in [-0.15, -0.1) is 0 Å². The minimum atomic E-state index is -0.460. The lowest BCUT2D eigenvalue weighted by Gasteiger charge is -2.13. The van der Waals surface area contributed by atoms with Gasteiger partial charge >= 0.3 is 0 Å². The fraction of sp³-hybridized carbons (Fsp3) is 0.125. The number of nitriles is 1. The molecular formula is C16H11BrClNO. The van der Waals surface area contributed by atoms with E-state index in [4.69, 9.17) is 16.9 Å². The van der Waals surface area contributed by atoms with Crippen LogP contribution in [-0.4, -0.2) is 5.78 Å². The summed E-state index contributed by atoms with van der Waals surface area (Å²) in [7, 11) is 0. The Hall–Kier alpha value is -1.63. The van der Waals surface area contributed by atoms with E-state index in [0.29, 0.717) is 10.6 Å². The van der Waals surface area contributed by atoms with Crippen LogP contribution in [0.4, 0.5) is 0 Å². The monoisotopic (exact) mass is 347 g/mol. The average Bonchev–Trinajstić information content (AvgIpc) is 2.48. The molecule has 2 rings (SSSR count). The molecule has 0 N–H and O–H groups in total. The first kappa shape index (κ1) is 14.8. The van der Waals surface area contributed by atoms with Gasteiger partial charge in [-0.25, -0.2) is 0 Å². The van der Waals surface area contributed by atoms with Crippen LogP contribution in [0.1, 0.15) is 28.3 Å². The second kappa shape index (κ2) is 6.69. The number of carbonyl (C=O) groups is 1. The van der Waals surface area contributed by atoms with E-state index in [2.05, 4.69) is 22.0 Å². The summed E-state index contributed by atoms with van der Waals surface area (Å²) in [5.74, 6) is -0.550. The zero-order valence-corrected chi connectivity index (χ0v) is 12.9. The van der Waals surface area contributed by atoms with Crippen molar-refractivity contribution in [2.24, 2.45) is 0 Å².